The second-order valence-electron chi connectivity index (χ2n) is 5.14. The van der Waals surface area contributed by atoms with E-state index < -0.39 is 0 Å². The fourth-order valence-electron chi connectivity index (χ4n) is 2.39. The molecular weight excluding hydrogens is 224 g/mol. The lowest BCUT2D eigenvalue weighted by Crippen LogP contribution is -2.21. The Hall–Kier alpha value is -1.32. The summed E-state index contributed by atoms with van der Waals surface area (Å²) in [5, 5.41) is 3.44. The highest BCUT2D eigenvalue weighted by Gasteiger charge is 2.15. The molecule has 1 aromatic heterocycles. The van der Waals surface area contributed by atoms with Gasteiger partial charge in [0.2, 0.25) is 5.95 Å². The lowest BCUT2D eigenvalue weighted by Gasteiger charge is -2.19. The first-order chi connectivity index (χ1) is 8.79. The number of nitrogens with one attached hydrogen (secondary N) is 1. The molecule has 1 aliphatic carbocycles. The number of unbranched alkanes of at least 4 members (excludes halogenated alkanes) is 1. The van der Waals surface area contributed by atoms with Crippen LogP contribution in [0.5, 0.6) is 0 Å². The van der Waals surface area contributed by atoms with Crippen molar-refractivity contribution in [1.82, 2.24) is 9.97 Å². The molecule has 4 heteroatoms. The third-order valence-electron chi connectivity index (χ3n) is 3.57. The zero-order valence-electron chi connectivity index (χ0n) is 11.5. The first-order valence-electron chi connectivity index (χ1n) is 7.10. The van der Waals surface area contributed by atoms with Crippen LogP contribution in [0.4, 0.5) is 11.8 Å². The van der Waals surface area contributed by atoms with Crippen LogP contribution in [-0.4, -0.2) is 29.6 Å². The summed E-state index contributed by atoms with van der Waals surface area (Å²) in [7, 11) is 2.09. The molecule has 1 aromatic rings. The average Bonchev–Trinajstić information content (AvgIpc) is 2.89. The molecule has 0 aliphatic heterocycles. The third kappa shape index (κ3) is 3.59. The van der Waals surface area contributed by atoms with Gasteiger partial charge in [-0.2, -0.15) is 4.98 Å². The highest BCUT2D eigenvalue weighted by atomic mass is 15.2. The molecule has 1 fully saturated rings. The van der Waals surface area contributed by atoms with E-state index in [4.69, 9.17) is 0 Å². The summed E-state index contributed by atoms with van der Waals surface area (Å²) >= 11 is 0. The molecule has 0 aromatic carbocycles. The van der Waals surface area contributed by atoms with Gasteiger partial charge in [-0.25, -0.2) is 4.98 Å². The molecule has 0 atom stereocenters. The maximum Gasteiger partial charge on any atom is 0.224 e. The largest absolute Gasteiger partial charge is 0.360 e. The highest BCUT2D eigenvalue weighted by molar-refractivity contribution is 5.42. The predicted molar refractivity (Wildman–Crippen MR) is 76.1 cm³/mol. The Kier molecular flexibility index (Phi) is 4.79. The first-order valence-corrected chi connectivity index (χ1v) is 7.10. The quantitative estimate of drug-likeness (QED) is 0.840. The summed E-state index contributed by atoms with van der Waals surface area (Å²) in [6.07, 6.45) is 9.41. The van der Waals surface area contributed by atoms with Crippen LogP contribution >= 0.6 is 0 Å². The summed E-state index contributed by atoms with van der Waals surface area (Å²) in [6, 6.07) is 2.55. The van der Waals surface area contributed by atoms with Crippen molar-refractivity contribution in [2.24, 2.45) is 0 Å². The van der Waals surface area contributed by atoms with Crippen LogP contribution in [0.2, 0.25) is 0 Å². The van der Waals surface area contributed by atoms with Crippen molar-refractivity contribution in [3.8, 4) is 0 Å². The molecule has 1 N–H and O–H groups in total. The average molecular weight is 248 g/mol. The molecule has 0 amide bonds. The van der Waals surface area contributed by atoms with Gasteiger partial charge in [0.25, 0.3) is 0 Å². The van der Waals surface area contributed by atoms with Gasteiger partial charge in [0, 0.05) is 25.8 Å². The summed E-state index contributed by atoms with van der Waals surface area (Å²) in [5.74, 6) is 1.79. The van der Waals surface area contributed by atoms with Gasteiger partial charge in [-0.05, 0) is 25.3 Å². The Labute approximate surface area is 110 Å². The smallest absolute Gasteiger partial charge is 0.224 e. The predicted octanol–water partition coefficient (Wildman–Crippen LogP) is 3.07. The summed E-state index contributed by atoms with van der Waals surface area (Å²) in [6.45, 7) is 3.26. The summed E-state index contributed by atoms with van der Waals surface area (Å²) < 4.78 is 0. The van der Waals surface area contributed by atoms with Crippen LogP contribution in [0.3, 0.4) is 0 Å². The number of hydrogen-bond acceptors (Lipinski definition) is 4. The maximum absolute atomic E-state index is 4.59. The van der Waals surface area contributed by atoms with Gasteiger partial charge in [0.1, 0.15) is 5.82 Å². The van der Waals surface area contributed by atoms with E-state index in [1.165, 1.54) is 38.5 Å². The van der Waals surface area contributed by atoms with Crippen molar-refractivity contribution in [2.45, 2.75) is 51.5 Å². The Morgan fingerprint density at radius 3 is 2.89 bits per heavy atom. The van der Waals surface area contributed by atoms with Gasteiger partial charge < -0.3 is 10.2 Å². The molecule has 0 saturated heterocycles. The van der Waals surface area contributed by atoms with Gasteiger partial charge in [-0.3, -0.25) is 0 Å². The van der Waals surface area contributed by atoms with Gasteiger partial charge >= 0.3 is 0 Å². The number of aromatic nitrogens is 2. The van der Waals surface area contributed by atoms with E-state index in [2.05, 4.69) is 34.2 Å². The van der Waals surface area contributed by atoms with Crippen LogP contribution in [0.1, 0.15) is 45.4 Å². The Bertz CT molecular complexity index is 361. The van der Waals surface area contributed by atoms with Crippen molar-refractivity contribution in [1.29, 1.82) is 0 Å². The maximum atomic E-state index is 4.59. The topological polar surface area (TPSA) is 41.1 Å². The molecule has 0 unspecified atom stereocenters. The number of anilines is 2. The van der Waals surface area contributed by atoms with Gasteiger partial charge in [0.15, 0.2) is 0 Å². The van der Waals surface area contributed by atoms with Crippen molar-refractivity contribution in [3.63, 3.8) is 0 Å². The molecule has 1 saturated carbocycles. The van der Waals surface area contributed by atoms with Crippen LogP contribution < -0.4 is 10.2 Å². The van der Waals surface area contributed by atoms with E-state index in [0.29, 0.717) is 6.04 Å². The molecule has 0 radical (unpaired) electrons. The molecule has 18 heavy (non-hydrogen) atoms. The van der Waals surface area contributed by atoms with E-state index in [0.717, 1.165) is 18.3 Å². The van der Waals surface area contributed by atoms with Crippen molar-refractivity contribution in [2.75, 3.05) is 23.8 Å². The second kappa shape index (κ2) is 6.57. The van der Waals surface area contributed by atoms with Crippen molar-refractivity contribution in [3.05, 3.63) is 12.3 Å². The van der Waals surface area contributed by atoms with Crippen LogP contribution in [0.15, 0.2) is 12.3 Å². The van der Waals surface area contributed by atoms with Crippen molar-refractivity contribution < 1.29 is 0 Å². The van der Waals surface area contributed by atoms with Gasteiger partial charge in [-0.15, -0.1) is 0 Å². The molecule has 1 aliphatic rings. The Morgan fingerprint density at radius 1 is 1.39 bits per heavy atom. The van der Waals surface area contributed by atoms with E-state index in [-0.39, 0.29) is 0 Å². The minimum absolute atomic E-state index is 0.571. The van der Waals surface area contributed by atoms with Crippen LogP contribution in [0.25, 0.3) is 0 Å². The summed E-state index contributed by atoms with van der Waals surface area (Å²) in [5.41, 5.74) is 0. The number of rotatable bonds is 6. The van der Waals surface area contributed by atoms with E-state index >= 15 is 0 Å². The molecule has 1 heterocycles. The molecule has 0 spiro atoms. The van der Waals surface area contributed by atoms with Crippen LogP contribution in [-0.2, 0) is 0 Å². The standard InChI is InChI=1S/C14H24N4/c1-3-4-11-18(2)13-9-10-15-14(17-13)16-12-7-5-6-8-12/h9-10,12H,3-8,11H2,1-2H3,(H,15,16,17). The Morgan fingerprint density at radius 2 is 2.17 bits per heavy atom. The summed E-state index contributed by atoms with van der Waals surface area (Å²) in [4.78, 5) is 11.1. The fourth-order valence-corrected chi connectivity index (χ4v) is 2.39. The lowest BCUT2D eigenvalue weighted by atomic mass is 10.2. The van der Waals surface area contributed by atoms with E-state index in [1.54, 1.807) is 0 Å². The van der Waals surface area contributed by atoms with E-state index in [1.807, 2.05) is 12.3 Å². The van der Waals surface area contributed by atoms with Gasteiger partial charge in [-0.1, -0.05) is 26.2 Å². The number of nitrogens with zero attached hydrogens (tertiary/aromatic N) is 3. The zero-order valence-corrected chi connectivity index (χ0v) is 11.5. The normalized spacial score (nSPS) is 15.9. The molecule has 4 nitrogen and oxygen atoms in total. The van der Waals surface area contributed by atoms with Crippen LogP contribution in [0, 0.1) is 0 Å². The monoisotopic (exact) mass is 248 g/mol. The molecular formula is C14H24N4. The second-order valence-corrected chi connectivity index (χ2v) is 5.14. The Balaban J connectivity index is 1.95. The first kappa shape index (κ1) is 13.1. The minimum Gasteiger partial charge on any atom is -0.360 e. The van der Waals surface area contributed by atoms with E-state index in [9.17, 15) is 0 Å². The SMILES string of the molecule is CCCCN(C)c1ccnc(NC2CCCC2)n1. The molecule has 0 bridgehead atoms. The minimum atomic E-state index is 0.571. The highest BCUT2D eigenvalue weighted by Crippen LogP contribution is 2.21. The zero-order chi connectivity index (χ0) is 12.8. The van der Waals surface area contributed by atoms with Crippen molar-refractivity contribution >= 4 is 11.8 Å². The van der Waals surface area contributed by atoms with Gasteiger partial charge in [0.05, 0.1) is 0 Å². The fraction of sp³-hybridized carbons (Fsp3) is 0.714. The lowest BCUT2D eigenvalue weighted by molar-refractivity contribution is 0.737. The molecule has 2 rings (SSSR count). The third-order valence-corrected chi connectivity index (χ3v) is 3.57. The molecule has 100 valence electrons. The number of hydrogen-bond donors (Lipinski definition) is 1.